The van der Waals surface area contributed by atoms with Gasteiger partial charge in [0.25, 0.3) is 0 Å². The van der Waals surface area contributed by atoms with Crippen LogP contribution in [0.4, 0.5) is 0 Å². The van der Waals surface area contributed by atoms with Crippen LogP contribution in [0.1, 0.15) is 27.7 Å². The molecule has 0 saturated carbocycles. The summed E-state index contributed by atoms with van der Waals surface area (Å²) in [5.74, 6) is -0.0625. The van der Waals surface area contributed by atoms with Gasteiger partial charge < -0.3 is 5.32 Å². The third-order valence-electron chi connectivity index (χ3n) is 0.725. The molecule has 60 valence electrons. The van der Waals surface area contributed by atoms with E-state index in [0.29, 0.717) is 12.1 Å². The van der Waals surface area contributed by atoms with Gasteiger partial charge in [-0.2, -0.15) is 0 Å². The average Bonchev–Trinajstić information content (AvgIpc) is 1.93. The molecule has 0 aliphatic heterocycles. The van der Waals surface area contributed by atoms with E-state index in [2.05, 4.69) is 11.9 Å². The zero-order chi connectivity index (χ0) is 8.57. The van der Waals surface area contributed by atoms with Crippen molar-refractivity contribution in [2.24, 2.45) is 0 Å². The molecule has 1 amide bonds. The fourth-order valence-corrected chi connectivity index (χ4v) is 0.311. The normalized spacial score (nSPS) is 7.20. The highest BCUT2D eigenvalue weighted by molar-refractivity contribution is 5.91. The smallest absolute Gasteiger partial charge is 0.246 e. The van der Waals surface area contributed by atoms with Crippen molar-refractivity contribution in [1.29, 1.82) is 0 Å². The van der Waals surface area contributed by atoms with Crippen molar-refractivity contribution in [1.82, 2.24) is 5.32 Å². The Morgan fingerprint density at radius 3 is 2.00 bits per heavy atom. The number of nitrogens with one attached hydrogen (secondary N) is 1. The molecule has 0 heterocycles. The Morgan fingerprint density at radius 1 is 1.50 bits per heavy atom. The highest BCUT2D eigenvalue weighted by atomic mass is 16.1. The minimum Gasteiger partial charge on any atom is -0.353 e. The second-order valence-corrected chi connectivity index (χ2v) is 1.64. The highest BCUT2D eigenvalue weighted by Crippen LogP contribution is 1.82. The van der Waals surface area contributed by atoms with Crippen LogP contribution in [-0.2, 0) is 4.79 Å². The predicted molar refractivity (Wildman–Crippen MR) is 44.8 cm³/mol. The molecule has 1 N–H and O–H groups in total. The topological polar surface area (TPSA) is 29.1 Å². The summed E-state index contributed by atoms with van der Waals surface area (Å²) in [4.78, 5) is 10.5. The number of carbonyl (C=O) groups excluding carboxylic acids is 1. The Kier molecular flexibility index (Phi) is 9.80. The minimum atomic E-state index is -0.0625. The fourth-order valence-electron chi connectivity index (χ4n) is 0.311. The van der Waals surface area contributed by atoms with E-state index < -0.39 is 0 Å². The van der Waals surface area contributed by atoms with E-state index in [0.717, 1.165) is 0 Å². The van der Waals surface area contributed by atoms with Crippen molar-refractivity contribution in [2.75, 3.05) is 6.54 Å². The van der Waals surface area contributed by atoms with Gasteiger partial charge in [-0.05, 0) is 13.8 Å². The molecule has 0 aromatic heterocycles. The lowest BCUT2D eigenvalue weighted by atomic mass is 10.3. The van der Waals surface area contributed by atoms with Crippen LogP contribution >= 0.6 is 0 Å². The molecule has 0 aliphatic rings. The standard InChI is InChI=1S/C6H11NO.C2H6/c1-4-7-6(8)5(2)3;1-2/h2,4H2,1,3H3,(H,7,8);1-2H3. The lowest BCUT2D eigenvalue weighted by Crippen LogP contribution is -2.22. The Labute approximate surface area is 63.3 Å². The lowest BCUT2D eigenvalue weighted by molar-refractivity contribution is -0.117. The van der Waals surface area contributed by atoms with Crippen LogP contribution in [0.3, 0.4) is 0 Å². The molecule has 0 unspecified atom stereocenters. The number of hydrogen-bond donors (Lipinski definition) is 1. The van der Waals surface area contributed by atoms with Gasteiger partial charge in [-0.1, -0.05) is 20.4 Å². The van der Waals surface area contributed by atoms with Gasteiger partial charge in [0.05, 0.1) is 0 Å². The molecular formula is C8H17NO. The SMILES string of the molecule is C=C(C)C(=O)NCC.CC. The molecule has 0 bridgehead atoms. The maximum absolute atomic E-state index is 10.5. The molecule has 10 heavy (non-hydrogen) atoms. The average molecular weight is 143 g/mol. The molecule has 0 aliphatic carbocycles. The molecule has 0 saturated heterocycles. The van der Waals surface area contributed by atoms with E-state index in [1.54, 1.807) is 6.92 Å². The van der Waals surface area contributed by atoms with Gasteiger partial charge in [-0.25, -0.2) is 0 Å². The van der Waals surface area contributed by atoms with Gasteiger partial charge in [0.15, 0.2) is 0 Å². The van der Waals surface area contributed by atoms with Gasteiger partial charge >= 0.3 is 0 Å². The molecule has 0 rings (SSSR count). The first-order chi connectivity index (χ1) is 4.68. The van der Waals surface area contributed by atoms with E-state index in [1.807, 2.05) is 20.8 Å². The van der Waals surface area contributed by atoms with Crippen molar-refractivity contribution in [2.45, 2.75) is 27.7 Å². The Hall–Kier alpha value is -0.790. The van der Waals surface area contributed by atoms with E-state index in [1.165, 1.54) is 0 Å². The van der Waals surface area contributed by atoms with Crippen LogP contribution in [0.2, 0.25) is 0 Å². The van der Waals surface area contributed by atoms with Crippen LogP contribution in [0, 0.1) is 0 Å². The molecule has 0 fully saturated rings. The predicted octanol–water partition coefficient (Wildman–Crippen LogP) is 1.72. The van der Waals surface area contributed by atoms with Gasteiger partial charge in [0, 0.05) is 12.1 Å². The molecule has 2 nitrogen and oxygen atoms in total. The van der Waals surface area contributed by atoms with E-state index in [4.69, 9.17) is 0 Å². The van der Waals surface area contributed by atoms with E-state index in [-0.39, 0.29) is 5.91 Å². The lowest BCUT2D eigenvalue weighted by Gasteiger charge is -1.97. The molecule has 2 heteroatoms. The van der Waals surface area contributed by atoms with Crippen LogP contribution in [0.5, 0.6) is 0 Å². The summed E-state index contributed by atoms with van der Waals surface area (Å²) in [7, 11) is 0. The second-order valence-electron chi connectivity index (χ2n) is 1.64. The Balaban J connectivity index is 0. The maximum Gasteiger partial charge on any atom is 0.246 e. The minimum absolute atomic E-state index is 0.0625. The van der Waals surface area contributed by atoms with E-state index in [9.17, 15) is 4.79 Å². The zero-order valence-corrected chi connectivity index (χ0v) is 7.32. The van der Waals surface area contributed by atoms with Crippen LogP contribution < -0.4 is 5.32 Å². The summed E-state index contributed by atoms with van der Waals surface area (Å²) in [6.07, 6.45) is 0. The molecular weight excluding hydrogens is 126 g/mol. The summed E-state index contributed by atoms with van der Waals surface area (Å²) in [6.45, 7) is 11.7. The summed E-state index contributed by atoms with van der Waals surface area (Å²) in [5.41, 5.74) is 0.562. The van der Waals surface area contributed by atoms with Crippen molar-refractivity contribution < 1.29 is 4.79 Å². The summed E-state index contributed by atoms with van der Waals surface area (Å²) >= 11 is 0. The van der Waals surface area contributed by atoms with Crippen LogP contribution in [0.25, 0.3) is 0 Å². The maximum atomic E-state index is 10.5. The second kappa shape index (κ2) is 8.21. The monoisotopic (exact) mass is 143 g/mol. The van der Waals surface area contributed by atoms with Crippen LogP contribution in [0.15, 0.2) is 12.2 Å². The van der Waals surface area contributed by atoms with E-state index >= 15 is 0 Å². The first-order valence-corrected chi connectivity index (χ1v) is 3.62. The summed E-state index contributed by atoms with van der Waals surface area (Å²) < 4.78 is 0. The van der Waals surface area contributed by atoms with Gasteiger partial charge in [0.2, 0.25) is 5.91 Å². The summed E-state index contributed by atoms with van der Waals surface area (Å²) in [6, 6.07) is 0. The van der Waals surface area contributed by atoms with Crippen molar-refractivity contribution in [3.05, 3.63) is 12.2 Å². The number of hydrogen-bond acceptors (Lipinski definition) is 1. The van der Waals surface area contributed by atoms with Crippen molar-refractivity contribution >= 4 is 5.91 Å². The first kappa shape index (κ1) is 11.9. The number of rotatable bonds is 2. The Bertz CT molecular complexity index is 108. The third kappa shape index (κ3) is 7.21. The van der Waals surface area contributed by atoms with Gasteiger partial charge in [-0.15, -0.1) is 0 Å². The van der Waals surface area contributed by atoms with Crippen molar-refractivity contribution in [3.8, 4) is 0 Å². The molecule has 0 radical (unpaired) electrons. The molecule has 0 aromatic rings. The largest absolute Gasteiger partial charge is 0.353 e. The van der Waals surface area contributed by atoms with Gasteiger partial charge in [-0.3, -0.25) is 4.79 Å². The first-order valence-electron chi connectivity index (χ1n) is 3.62. The number of likely N-dealkylation sites (N-methyl/N-ethyl adjacent to an activating group) is 1. The van der Waals surface area contributed by atoms with Crippen molar-refractivity contribution in [3.63, 3.8) is 0 Å². The summed E-state index contributed by atoms with van der Waals surface area (Å²) in [5, 5.41) is 2.61. The number of carbonyl (C=O) groups is 1. The third-order valence-corrected chi connectivity index (χ3v) is 0.725. The fraction of sp³-hybridized carbons (Fsp3) is 0.625. The Morgan fingerprint density at radius 2 is 1.90 bits per heavy atom. The molecule has 0 atom stereocenters. The molecule has 0 aromatic carbocycles. The highest BCUT2D eigenvalue weighted by Gasteiger charge is 1.95. The number of amides is 1. The quantitative estimate of drug-likeness (QED) is 0.586. The molecule has 0 spiro atoms. The zero-order valence-electron chi connectivity index (χ0n) is 7.32. The van der Waals surface area contributed by atoms with Crippen LogP contribution in [-0.4, -0.2) is 12.5 Å². The van der Waals surface area contributed by atoms with Gasteiger partial charge in [0.1, 0.15) is 0 Å².